The van der Waals surface area contributed by atoms with E-state index in [-0.39, 0.29) is 0 Å². The number of aromatic nitrogens is 5. The molecule has 5 heteroatoms. The number of nitrogens with zero attached hydrogens (tertiary/aromatic N) is 5. The van der Waals surface area contributed by atoms with E-state index in [0.717, 1.165) is 38.8 Å². The molecule has 4 aromatic heterocycles. The summed E-state index contributed by atoms with van der Waals surface area (Å²) < 4.78 is 4.28. The molecule has 0 radical (unpaired) electrons. The third kappa shape index (κ3) is 3.09. The van der Waals surface area contributed by atoms with Crippen molar-refractivity contribution in [3.05, 3.63) is 128 Å². The van der Waals surface area contributed by atoms with E-state index >= 15 is 0 Å². The highest BCUT2D eigenvalue weighted by atomic mass is 15.2. The van der Waals surface area contributed by atoms with Gasteiger partial charge in [0, 0.05) is 39.8 Å². The molecule has 0 atom stereocenters. The summed E-state index contributed by atoms with van der Waals surface area (Å²) in [4.78, 5) is 9.42. The number of hydrogen-bond acceptors (Lipinski definition) is 3. The quantitative estimate of drug-likeness (QED) is 0.256. The Balaban J connectivity index is 1.16. The predicted octanol–water partition coefficient (Wildman–Crippen LogP) is 7.71. The molecule has 0 saturated heterocycles. The van der Waals surface area contributed by atoms with Crippen molar-refractivity contribution in [1.29, 1.82) is 0 Å². The normalized spacial score (nSPS) is 11.7. The van der Waals surface area contributed by atoms with E-state index in [1.165, 1.54) is 21.8 Å². The Morgan fingerprint density at radius 3 is 1.82 bits per heavy atom. The first kappa shape index (κ1) is 20.9. The molecule has 0 fully saturated rings. The third-order valence-electron chi connectivity index (χ3n) is 7.32. The van der Waals surface area contributed by atoms with E-state index in [0.29, 0.717) is 5.82 Å². The van der Waals surface area contributed by atoms with Gasteiger partial charge in [0.15, 0.2) is 5.82 Å². The van der Waals surface area contributed by atoms with Gasteiger partial charge in [0.1, 0.15) is 0 Å². The Morgan fingerprint density at radius 2 is 1.11 bits per heavy atom. The molecule has 0 aliphatic carbocycles. The van der Waals surface area contributed by atoms with Crippen molar-refractivity contribution in [2.24, 2.45) is 0 Å². The SMILES string of the molecule is c1ccc2c(c1)ccc1c(-c3ncc(-c4ccc(-n5c6ccccc6c6ccccc65)cc4)cn3)cnn12. The van der Waals surface area contributed by atoms with Gasteiger partial charge in [0.25, 0.3) is 0 Å². The van der Waals surface area contributed by atoms with E-state index in [9.17, 15) is 0 Å². The van der Waals surface area contributed by atoms with E-state index in [1.807, 2.05) is 35.2 Å². The predicted molar refractivity (Wildman–Crippen MR) is 153 cm³/mol. The molecular formula is C33H21N5. The molecule has 0 N–H and O–H groups in total. The van der Waals surface area contributed by atoms with E-state index < -0.39 is 0 Å². The zero-order valence-corrected chi connectivity index (χ0v) is 20.4. The van der Waals surface area contributed by atoms with Crippen molar-refractivity contribution in [3.8, 4) is 28.2 Å². The van der Waals surface area contributed by atoms with Crippen LogP contribution < -0.4 is 0 Å². The lowest BCUT2D eigenvalue weighted by atomic mass is 10.1. The molecule has 0 aliphatic rings. The minimum Gasteiger partial charge on any atom is -0.309 e. The first-order valence-corrected chi connectivity index (χ1v) is 12.6. The van der Waals surface area contributed by atoms with Gasteiger partial charge in [0.05, 0.1) is 33.8 Å². The largest absolute Gasteiger partial charge is 0.309 e. The van der Waals surface area contributed by atoms with Crippen LogP contribution in [-0.4, -0.2) is 24.1 Å². The summed E-state index contributed by atoms with van der Waals surface area (Å²) in [5.74, 6) is 0.668. The topological polar surface area (TPSA) is 48.0 Å². The zero-order chi connectivity index (χ0) is 25.1. The van der Waals surface area contributed by atoms with Gasteiger partial charge < -0.3 is 4.57 Å². The van der Waals surface area contributed by atoms with Crippen LogP contribution in [0.4, 0.5) is 0 Å². The summed E-state index contributed by atoms with van der Waals surface area (Å²) in [6.07, 6.45) is 5.63. The maximum absolute atomic E-state index is 4.71. The average Bonchev–Trinajstić information content (AvgIpc) is 3.57. The summed E-state index contributed by atoms with van der Waals surface area (Å²) in [6, 6.07) is 38.2. The summed E-state index contributed by atoms with van der Waals surface area (Å²) in [5.41, 5.74) is 8.57. The number of benzene rings is 4. The van der Waals surface area contributed by atoms with E-state index in [2.05, 4.69) is 107 Å². The summed E-state index contributed by atoms with van der Waals surface area (Å²) in [7, 11) is 0. The molecule has 5 nitrogen and oxygen atoms in total. The van der Waals surface area contributed by atoms with Crippen LogP contribution in [0.25, 0.3) is 66.4 Å². The fraction of sp³-hybridized carbons (Fsp3) is 0. The summed E-state index contributed by atoms with van der Waals surface area (Å²) in [6.45, 7) is 0. The van der Waals surface area contributed by atoms with Crippen LogP contribution in [0.2, 0.25) is 0 Å². The van der Waals surface area contributed by atoms with Crippen LogP contribution in [0.15, 0.2) is 128 Å². The number of hydrogen-bond donors (Lipinski definition) is 0. The summed E-state index contributed by atoms with van der Waals surface area (Å²) >= 11 is 0. The lowest BCUT2D eigenvalue weighted by molar-refractivity contribution is 1.00. The van der Waals surface area contributed by atoms with E-state index in [4.69, 9.17) is 9.97 Å². The maximum Gasteiger partial charge on any atom is 0.162 e. The van der Waals surface area contributed by atoms with Gasteiger partial charge >= 0.3 is 0 Å². The molecule has 4 aromatic carbocycles. The highest BCUT2D eigenvalue weighted by Gasteiger charge is 2.13. The van der Waals surface area contributed by atoms with Crippen molar-refractivity contribution in [2.75, 3.05) is 0 Å². The van der Waals surface area contributed by atoms with Gasteiger partial charge in [-0.25, -0.2) is 14.5 Å². The Labute approximate surface area is 218 Å². The van der Waals surface area contributed by atoms with Gasteiger partial charge in [-0.2, -0.15) is 5.10 Å². The number of pyridine rings is 1. The molecule has 38 heavy (non-hydrogen) atoms. The first-order chi connectivity index (χ1) is 18.8. The number of para-hydroxylation sites is 3. The molecular weight excluding hydrogens is 466 g/mol. The smallest absolute Gasteiger partial charge is 0.162 e. The van der Waals surface area contributed by atoms with Crippen LogP contribution in [0.5, 0.6) is 0 Å². The Hall–Kier alpha value is -5.29. The standard InChI is InChI=1S/C33H21N5/c1-4-10-29-23(7-1)15-18-32-28(21-36-38(29)32)33-34-19-24(20-35-33)22-13-16-25(17-14-22)37-30-11-5-2-8-26(30)27-9-3-6-12-31(27)37/h1-21H. The third-order valence-corrected chi connectivity index (χ3v) is 7.32. The molecule has 0 bridgehead atoms. The molecule has 0 aliphatic heterocycles. The lowest BCUT2D eigenvalue weighted by Crippen LogP contribution is -1.94. The second kappa shape index (κ2) is 8.11. The zero-order valence-electron chi connectivity index (χ0n) is 20.4. The molecule has 0 unspecified atom stereocenters. The molecule has 4 heterocycles. The minimum atomic E-state index is 0.668. The Morgan fingerprint density at radius 1 is 0.474 bits per heavy atom. The Bertz CT molecular complexity index is 2060. The maximum atomic E-state index is 4.71. The van der Waals surface area contributed by atoms with Crippen molar-refractivity contribution >= 4 is 38.2 Å². The second-order valence-corrected chi connectivity index (χ2v) is 9.46. The summed E-state index contributed by atoms with van der Waals surface area (Å²) in [5, 5.41) is 8.29. The molecule has 8 aromatic rings. The van der Waals surface area contributed by atoms with Gasteiger partial charge in [0.2, 0.25) is 0 Å². The van der Waals surface area contributed by atoms with Crippen LogP contribution in [-0.2, 0) is 0 Å². The first-order valence-electron chi connectivity index (χ1n) is 12.6. The molecule has 0 spiro atoms. The van der Waals surface area contributed by atoms with Crippen molar-refractivity contribution in [2.45, 2.75) is 0 Å². The fourth-order valence-electron chi connectivity index (χ4n) is 5.49. The highest BCUT2D eigenvalue weighted by molar-refractivity contribution is 6.09. The second-order valence-electron chi connectivity index (χ2n) is 9.46. The molecule has 8 rings (SSSR count). The van der Waals surface area contributed by atoms with Crippen LogP contribution in [0.3, 0.4) is 0 Å². The van der Waals surface area contributed by atoms with Crippen molar-refractivity contribution in [1.82, 2.24) is 24.1 Å². The lowest BCUT2D eigenvalue weighted by Gasteiger charge is -2.09. The highest BCUT2D eigenvalue weighted by Crippen LogP contribution is 2.32. The minimum absolute atomic E-state index is 0.668. The van der Waals surface area contributed by atoms with Gasteiger partial charge in [-0.05, 0) is 42.0 Å². The number of fused-ring (bicyclic) bond motifs is 6. The van der Waals surface area contributed by atoms with E-state index in [1.54, 1.807) is 0 Å². The van der Waals surface area contributed by atoms with Gasteiger partial charge in [-0.15, -0.1) is 0 Å². The van der Waals surface area contributed by atoms with Crippen molar-refractivity contribution < 1.29 is 0 Å². The monoisotopic (exact) mass is 487 g/mol. The van der Waals surface area contributed by atoms with Crippen molar-refractivity contribution in [3.63, 3.8) is 0 Å². The van der Waals surface area contributed by atoms with Gasteiger partial charge in [-0.1, -0.05) is 72.8 Å². The average molecular weight is 488 g/mol. The van der Waals surface area contributed by atoms with Crippen LogP contribution >= 0.6 is 0 Å². The number of rotatable bonds is 3. The fourth-order valence-corrected chi connectivity index (χ4v) is 5.49. The molecule has 178 valence electrons. The Kier molecular flexibility index (Phi) is 4.45. The molecule has 0 saturated carbocycles. The molecule has 0 amide bonds. The van der Waals surface area contributed by atoms with Gasteiger partial charge in [-0.3, -0.25) is 0 Å². The van der Waals surface area contributed by atoms with Crippen LogP contribution in [0, 0.1) is 0 Å². The van der Waals surface area contributed by atoms with Crippen LogP contribution in [0.1, 0.15) is 0 Å².